The van der Waals surface area contributed by atoms with E-state index in [-0.39, 0.29) is 17.1 Å². The van der Waals surface area contributed by atoms with Crippen LogP contribution in [0.25, 0.3) is 0 Å². The van der Waals surface area contributed by atoms with E-state index >= 15 is 0 Å². The van der Waals surface area contributed by atoms with Crippen molar-refractivity contribution in [2.75, 3.05) is 13.2 Å². The first kappa shape index (κ1) is 26.8. The summed E-state index contributed by atoms with van der Waals surface area (Å²) >= 11 is 0. The number of carboxylic acid groups (broad SMARTS) is 2. The summed E-state index contributed by atoms with van der Waals surface area (Å²) in [6.45, 7) is 7.44. The molecular formula is C22H28MnO6. The van der Waals surface area contributed by atoms with Gasteiger partial charge in [0.2, 0.25) is 0 Å². The Labute approximate surface area is 182 Å². The number of carboxylic acids is 2. The van der Waals surface area contributed by atoms with E-state index in [0.717, 1.165) is 0 Å². The maximum absolute atomic E-state index is 11.1. The summed E-state index contributed by atoms with van der Waals surface area (Å²) in [6, 6.07) is 17.9. The molecule has 0 saturated carbocycles. The maximum Gasteiger partial charge on any atom is 0.340 e. The van der Waals surface area contributed by atoms with Gasteiger partial charge in [-0.15, -0.1) is 0 Å². The Morgan fingerprint density at radius 1 is 0.724 bits per heavy atom. The van der Waals surface area contributed by atoms with Crippen molar-refractivity contribution in [1.29, 1.82) is 0 Å². The third-order valence-electron chi connectivity index (χ3n) is 4.33. The van der Waals surface area contributed by atoms with Crippen molar-refractivity contribution in [2.45, 2.75) is 38.9 Å². The SMILES string of the molecule is CCOC(C)(C(=O)O)c1ccccc1.CCOC(C)(C(=O)O)c1ccccc1.[Mn]. The summed E-state index contributed by atoms with van der Waals surface area (Å²) < 4.78 is 10.6. The summed E-state index contributed by atoms with van der Waals surface area (Å²) in [5, 5.41) is 18.2. The van der Waals surface area contributed by atoms with Gasteiger partial charge in [0, 0.05) is 30.3 Å². The zero-order chi connectivity index (χ0) is 21.2. The predicted molar refractivity (Wildman–Crippen MR) is 106 cm³/mol. The van der Waals surface area contributed by atoms with E-state index in [2.05, 4.69) is 0 Å². The van der Waals surface area contributed by atoms with Crippen molar-refractivity contribution >= 4 is 11.9 Å². The van der Waals surface area contributed by atoms with Gasteiger partial charge in [-0.25, -0.2) is 9.59 Å². The van der Waals surface area contributed by atoms with Gasteiger partial charge >= 0.3 is 11.9 Å². The number of hydrogen-bond acceptors (Lipinski definition) is 4. The van der Waals surface area contributed by atoms with Gasteiger partial charge < -0.3 is 19.7 Å². The van der Waals surface area contributed by atoms with Crippen LogP contribution >= 0.6 is 0 Å². The topological polar surface area (TPSA) is 93.1 Å². The second kappa shape index (κ2) is 12.4. The van der Waals surface area contributed by atoms with Crippen molar-refractivity contribution in [3.63, 3.8) is 0 Å². The molecule has 1 radical (unpaired) electrons. The minimum Gasteiger partial charge on any atom is -0.479 e. The fourth-order valence-electron chi connectivity index (χ4n) is 2.63. The predicted octanol–water partition coefficient (Wildman–Crippen LogP) is 4.04. The second-order valence-corrected chi connectivity index (χ2v) is 6.27. The fraction of sp³-hybridized carbons (Fsp3) is 0.364. The third-order valence-corrected chi connectivity index (χ3v) is 4.33. The molecule has 2 aromatic carbocycles. The molecule has 0 aliphatic rings. The third kappa shape index (κ3) is 6.98. The molecule has 2 N–H and O–H groups in total. The zero-order valence-electron chi connectivity index (χ0n) is 17.1. The van der Waals surface area contributed by atoms with E-state index in [1.54, 1.807) is 76.2 Å². The monoisotopic (exact) mass is 443 g/mol. The Hall–Kier alpha value is -2.18. The molecule has 0 amide bonds. The average molecular weight is 443 g/mol. The molecule has 2 aromatic rings. The van der Waals surface area contributed by atoms with Gasteiger partial charge in [-0.3, -0.25) is 0 Å². The van der Waals surface area contributed by atoms with E-state index in [1.807, 2.05) is 12.1 Å². The minimum atomic E-state index is -1.24. The van der Waals surface area contributed by atoms with E-state index in [1.165, 1.54) is 0 Å². The standard InChI is InChI=1S/2C11H14O3.Mn/c2*1-3-14-11(2,10(12)13)9-7-5-4-6-8-9;/h2*4-8H,3H2,1-2H3,(H,12,13);. The Morgan fingerprint density at radius 3 is 1.21 bits per heavy atom. The summed E-state index contributed by atoms with van der Waals surface area (Å²) in [5.74, 6) is -1.93. The van der Waals surface area contributed by atoms with Gasteiger partial charge in [0.25, 0.3) is 0 Å². The van der Waals surface area contributed by atoms with Crippen LogP contribution in [-0.4, -0.2) is 35.4 Å². The zero-order valence-corrected chi connectivity index (χ0v) is 18.3. The van der Waals surface area contributed by atoms with Crippen LogP contribution in [0.3, 0.4) is 0 Å². The quantitative estimate of drug-likeness (QED) is 0.598. The Bertz CT molecular complexity index is 687. The Kier molecular flexibility index (Phi) is 11.5. The van der Waals surface area contributed by atoms with E-state index in [4.69, 9.17) is 19.7 Å². The number of ether oxygens (including phenoxy) is 2. The molecule has 159 valence electrons. The Balaban J connectivity index is 0.000000523. The molecule has 0 aliphatic carbocycles. The summed E-state index contributed by atoms with van der Waals surface area (Å²) in [6.07, 6.45) is 0. The van der Waals surface area contributed by atoms with Crippen LogP contribution in [0.2, 0.25) is 0 Å². The van der Waals surface area contributed by atoms with Gasteiger partial charge in [-0.1, -0.05) is 60.7 Å². The number of hydrogen-bond donors (Lipinski definition) is 2. The van der Waals surface area contributed by atoms with E-state index < -0.39 is 23.1 Å². The maximum atomic E-state index is 11.1. The van der Waals surface area contributed by atoms with Gasteiger partial charge in [0.05, 0.1) is 0 Å². The summed E-state index contributed by atoms with van der Waals surface area (Å²) in [4.78, 5) is 22.2. The first-order chi connectivity index (χ1) is 13.2. The largest absolute Gasteiger partial charge is 0.479 e. The molecule has 0 heterocycles. The molecule has 0 bridgehead atoms. The van der Waals surface area contributed by atoms with Crippen LogP contribution in [-0.2, 0) is 47.3 Å². The number of carbonyl (C=O) groups is 2. The fourth-order valence-corrected chi connectivity index (χ4v) is 2.63. The molecule has 2 unspecified atom stereocenters. The first-order valence-corrected chi connectivity index (χ1v) is 9.08. The van der Waals surface area contributed by atoms with Crippen molar-refractivity contribution in [3.05, 3.63) is 71.8 Å². The van der Waals surface area contributed by atoms with Gasteiger partial charge in [0.15, 0.2) is 11.2 Å². The molecule has 7 heteroatoms. The molecule has 29 heavy (non-hydrogen) atoms. The molecule has 0 spiro atoms. The smallest absolute Gasteiger partial charge is 0.340 e. The van der Waals surface area contributed by atoms with Crippen LogP contribution < -0.4 is 0 Å². The van der Waals surface area contributed by atoms with Crippen molar-refractivity contribution in [2.24, 2.45) is 0 Å². The van der Waals surface area contributed by atoms with Crippen LogP contribution in [0.15, 0.2) is 60.7 Å². The normalized spacial score (nSPS) is 14.2. The van der Waals surface area contributed by atoms with Crippen molar-refractivity contribution in [1.82, 2.24) is 0 Å². The molecule has 0 aromatic heterocycles. The number of aliphatic carboxylic acids is 2. The first-order valence-electron chi connectivity index (χ1n) is 9.08. The average Bonchev–Trinajstić information content (AvgIpc) is 2.70. The summed E-state index contributed by atoms with van der Waals surface area (Å²) in [5.41, 5.74) is -1.16. The molecule has 2 rings (SSSR count). The van der Waals surface area contributed by atoms with Crippen molar-refractivity contribution in [3.8, 4) is 0 Å². The minimum absolute atomic E-state index is 0. The summed E-state index contributed by atoms with van der Waals surface area (Å²) in [7, 11) is 0. The van der Waals surface area contributed by atoms with Crippen molar-refractivity contribution < 1.29 is 46.3 Å². The van der Waals surface area contributed by atoms with E-state index in [9.17, 15) is 9.59 Å². The van der Waals surface area contributed by atoms with Crippen LogP contribution in [0.5, 0.6) is 0 Å². The van der Waals surface area contributed by atoms with Crippen LogP contribution in [0.1, 0.15) is 38.8 Å². The Morgan fingerprint density at radius 2 is 1.00 bits per heavy atom. The molecular weight excluding hydrogens is 415 g/mol. The number of benzene rings is 2. The van der Waals surface area contributed by atoms with Gasteiger partial charge in [-0.2, -0.15) is 0 Å². The van der Waals surface area contributed by atoms with Crippen LogP contribution in [0.4, 0.5) is 0 Å². The second-order valence-electron chi connectivity index (χ2n) is 6.27. The molecule has 0 fully saturated rings. The molecule has 6 nitrogen and oxygen atoms in total. The van der Waals surface area contributed by atoms with Gasteiger partial charge in [-0.05, 0) is 38.8 Å². The van der Waals surface area contributed by atoms with E-state index in [0.29, 0.717) is 24.3 Å². The molecule has 0 saturated heterocycles. The number of rotatable bonds is 8. The van der Waals surface area contributed by atoms with Crippen LogP contribution in [0, 0.1) is 0 Å². The van der Waals surface area contributed by atoms with Gasteiger partial charge in [0.1, 0.15) is 0 Å². The molecule has 0 aliphatic heterocycles. The molecule has 2 atom stereocenters.